The first kappa shape index (κ1) is 7.69. The van der Waals surface area contributed by atoms with E-state index in [2.05, 4.69) is 25.3 Å². The van der Waals surface area contributed by atoms with Crippen LogP contribution in [-0.2, 0) is 0 Å². The SMILES string of the molecule is O=Cc1ccc(S)c(S)c1. The van der Waals surface area contributed by atoms with Gasteiger partial charge < -0.3 is 0 Å². The monoisotopic (exact) mass is 170 g/mol. The molecule has 0 aliphatic heterocycles. The second-order valence-electron chi connectivity index (χ2n) is 1.87. The minimum atomic E-state index is 0.628. The number of carbonyl (C=O) groups is 1. The maximum absolute atomic E-state index is 10.2. The molecule has 0 heterocycles. The molecule has 52 valence electrons. The van der Waals surface area contributed by atoms with Gasteiger partial charge in [0.1, 0.15) is 6.29 Å². The maximum atomic E-state index is 10.2. The van der Waals surface area contributed by atoms with Gasteiger partial charge in [-0.15, -0.1) is 25.3 Å². The van der Waals surface area contributed by atoms with Crippen LogP contribution in [0.4, 0.5) is 0 Å². The standard InChI is InChI=1S/C7H6OS2/c8-4-5-1-2-6(9)7(10)3-5/h1-4,9-10H. The minimum absolute atomic E-state index is 0.628. The Morgan fingerprint density at radius 3 is 2.40 bits per heavy atom. The van der Waals surface area contributed by atoms with Gasteiger partial charge in [0.05, 0.1) is 0 Å². The molecule has 0 amide bonds. The summed E-state index contributed by atoms with van der Waals surface area (Å²) >= 11 is 8.18. The molecular weight excluding hydrogens is 164 g/mol. The molecule has 0 aromatic heterocycles. The lowest BCUT2D eigenvalue weighted by Gasteiger charge is -1.96. The van der Waals surface area contributed by atoms with Crippen molar-refractivity contribution in [3.63, 3.8) is 0 Å². The fraction of sp³-hybridized carbons (Fsp3) is 0. The molecule has 1 aromatic rings. The third-order valence-electron chi connectivity index (χ3n) is 1.14. The van der Waals surface area contributed by atoms with Gasteiger partial charge in [0.15, 0.2) is 0 Å². The van der Waals surface area contributed by atoms with Crippen molar-refractivity contribution >= 4 is 31.5 Å². The quantitative estimate of drug-likeness (QED) is 0.487. The van der Waals surface area contributed by atoms with E-state index in [4.69, 9.17) is 0 Å². The Bertz CT molecular complexity index is 258. The molecule has 0 spiro atoms. The smallest absolute Gasteiger partial charge is 0.150 e. The molecule has 0 fully saturated rings. The summed E-state index contributed by atoms with van der Waals surface area (Å²) in [6, 6.07) is 5.13. The first-order chi connectivity index (χ1) is 4.74. The third-order valence-corrected chi connectivity index (χ3v) is 2.07. The van der Waals surface area contributed by atoms with Gasteiger partial charge in [0, 0.05) is 15.4 Å². The van der Waals surface area contributed by atoms with Gasteiger partial charge in [0.25, 0.3) is 0 Å². The van der Waals surface area contributed by atoms with Gasteiger partial charge in [-0.05, 0) is 12.1 Å². The number of rotatable bonds is 1. The fourth-order valence-electron chi connectivity index (χ4n) is 0.614. The van der Waals surface area contributed by atoms with Gasteiger partial charge in [-0.25, -0.2) is 0 Å². The summed E-state index contributed by atoms with van der Waals surface area (Å²) in [6.45, 7) is 0. The average Bonchev–Trinajstić information content (AvgIpc) is 1.95. The molecule has 0 saturated carbocycles. The minimum Gasteiger partial charge on any atom is -0.298 e. The van der Waals surface area contributed by atoms with E-state index >= 15 is 0 Å². The maximum Gasteiger partial charge on any atom is 0.150 e. The molecule has 0 unspecified atom stereocenters. The Hall–Kier alpha value is -0.410. The van der Waals surface area contributed by atoms with Crippen molar-refractivity contribution in [2.45, 2.75) is 9.79 Å². The molecule has 10 heavy (non-hydrogen) atoms. The predicted octanol–water partition coefficient (Wildman–Crippen LogP) is 2.08. The molecule has 3 heteroatoms. The lowest BCUT2D eigenvalue weighted by molar-refractivity contribution is 0.112. The van der Waals surface area contributed by atoms with Crippen LogP contribution in [0, 0.1) is 0 Å². The number of thiol groups is 2. The van der Waals surface area contributed by atoms with E-state index in [1.807, 2.05) is 0 Å². The van der Waals surface area contributed by atoms with Crippen molar-refractivity contribution < 1.29 is 4.79 Å². The van der Waals surface area contributed by atoms with Gasteiger partial charge in [-0.3, -0.25) is 4.79 Å². The molecule has 0 bridgehead atoms. The molecule has 1 nitrogen and oxygen atoms in total. The highest BCUT2D eigenvalue weighted by Crippen LogP contribution is 2.17. The van der Waals surface area contributed by atoms with Crippen LogP contribution in [0.3, 0.4) is 0 Å². The van der Waals surface area contributed by atoms with Crippen molar-refractivity contribution in [2.75, 3.05) is 0 Å². The summed E-state index contributed by atoms with van der Waals surface area (Å²) in [4.78, 5) is 11.7. The van der Waals surface area contributed by atoms with Crippen molar-refractivity contribution in [1.82, 2.24) is 0 Å². The molecule has 0 N–H and O–H groups in total. The number of benzene rings is 1. The summed E-state index contributed by atoms with van der Waals surface area (Å²) in [7, 11) is 0. The van der Waals surface area contributed by atoms with E-state index in [0.29, 0.717) is 5.56 Å². The number of carbonyl (C=O) groups excluding carboxylic acids is 1. The van der Waals surface area contributed by atoms with E-state index in [9.17, 15) is 4.79 Å². The van der Waals surface area contributed by atoms with Crippen LogP contribution in [0.5, 0.6) is 0 Å². The Balaban J connectivity index is 3.16. The van der Waals surface area contributed by atoms with Crippen LogP contribution >= 0.6 is 25.3 Å². The number of hydrogen-bond acceptors (Lipinski definition) is 3. The van der Waals surface area contributed by atoms with Crippen LogP contribution in [0.1, 0.15) is 10.4 Å². The molecule has 1 aromatic carbocycles. The van der Waals surface area contributed by atoms with Crippen molar-refractivity contribution in [1.29, 1.82) is 0 Å². The number of aldehydes is 1. The van der Waals surface area contributed by atoms with E-state index < -0.39 is 0 Å². The van der Waals surface area contributed by atoms with Gasteiger partial charge in [-0.2, -0.15) is 0 Å². The van der Waals surface area contributed by atoms with Gasteiger partial charge in [-0.1, -0.05) is 6.07 Å². The van der Waals surface area contributed by atoms with Gasteiger partial charge >= 0.3 is 0 Å². The van der Waals surface area contributed by atoms with Crippen LogP contribution in [0.15, 0.2) is 28.0 Å². The highest BCUT2D eigenvalue weighted by atomic mass is 32.1. The first-order valence-electron chi connectivity index (χ1n) is 2.71. The van der Waals surface area contributed by atoms with Crippen LogP contribution in [0.2, 0.25) is 0 Å². The molecule has 0 aliphatic carbocycles. The average molecular weight is 170 g/mol. The lowest BCUT2D eigenvalue weighted by Crippen LogP contribution is -1.79. The Labute approximate surface area is 70.3 Å². The zero-order chi connectivity index (χ0) is 7.56. The Morgan fingerprint density at radius 2 is 1.90 bits per heavy atom. The molecule has 1 rings (SSSR count). The Kier molecular flexibility index (Phi) is 2.40. The van der Waals surface area contributed by atoms with E-state index in [-0.39, 0.29) is 0 Å². The highest BCUT2D eigenvalue weighted by molar-refractivity contribution is 7.83. The third kappa shape index (κ3) is 1.55. The van der Waals surface area contributed by atoms with E-state index in [0.717, 1.165) is 16.1 Å². The summed E-state index contributed by atoms with van der Waals surface area (Å²) in [5.41, 5.74) is 0.628. The predicted molar refractivity (Wildman–Crippen MR) is 46.3 cm³/mol. The Morgan fingerprint density at radius 1 is 1.20 bits per heavy atom. The summed E-state index contributed by atoms with van der Waals surface area (Å²) < 4.78 is 0. The second kappa shape index (κ2) is 3.12. The topological polar surface area (TPSA) is 17.1 Å². The molecule has 0 atom stereocenters. The van der Waals surface area contributed by atoms with Crippen LogP contribution in [-0.4, -0.2) is 6.29 Å². The fourth-order valence-corrected chi connectivity index (χ4v) is 0.976. The zero-order valence-corrected chi connectivity index (χ0v) is 6.90. The second-order valence-corrected chi connectivity index (χ2v) is 2.83. The highest BCUT2D eigenvalue weighted by Gasteiger charge is 1.94. The van der Waals surface area contributed by atoms with Crippen molar-refractivity contribution in [3.8, 4) is 0 Å². The molecular formula is C7H6OS2. The summed E-state index contributed by atoms with van der Waals surface area (Å²) in [5.74, 6) is 0. The lowest BCUT2D eigenvalue weighted by atomic mass is 10.2. The van der Waals surface area contributed by atoms with Crippen LogP contribution in [0.25, 0.3) is 0 Å². The van der Waals surface area contributed by atoms with E-state index in [1.54, 1.807) is 18.2 Å². The zero-order valence-electron chi connectivity index (χ0n) is 5.11. The van der Waals surface area contributed by atoms with E-state index in [1.165, 1.54) is 0 Å². The number of hydrogen-bond donors (Lipinski definition) is 2. The largest absolute Gasteiger partial charge is 0.298 e. The molecule has 0 radical (unpaired) electrons. The summed E-state index contributed by atoms with van der Waals surface area (Å²) in [6.07, 6.45) is 0.785. The van der Waals surface area contributed by atoms with Crippen LogP contribution < -0.4 is 0 Å². The van der Waals surface area contributed by atoms with Crippen molar-refractivity contribution in [3.05, 3.63) is 23.8 Å². The van der Waals surface area contributed by atoms with Crippen molar-refractivity contribution in [2.24, 2.45) is 0 Å². The first-order valence-corrected chi connectivity index (χ1v) is 3.60. The summed E-state index contributed by atoms with van der Waals surface area (Å²) in [5, 5.41) is 0. The van der Waals surface area contributed by atoms with Gasteiger partial charge in [0.2, 0.25) is 0 Å². The molecule has 0 saturated heterocycles. The molecule has 0 aliphatic rings. The normalized spacial score (nSPS) is 9.40.